The number of nitrogens with zero attached hydrogens (tertiary/aromatic N) is 2. The van der Waals surface area contributed by atoms with E-state index in [0.29, 0.717) is 43.4 Å². The first kappa shape index (κ1) is 27.9. The zero-order chi connectivity index (χ0) is 30.1. The number of benzene rings is 3. The molecule has 8 nitrogen and oxygen atoms in total. The van der Waals surface area contributed by atoms with Crippen LogP contribution in [-0.4, -0.2) is 23.6 Å². The summed E-state index contributed by atoms with van der Waals surface area (Å²) in [6.45, 7) is 3.78. The highest BCUT2D eigenvalue weighted by Gasteiger charge is 2.32. The molecule has 0 saturated heterocycles. The lowest BCUT2D eigenvalue weighted by molar-refractivity contribution is -0.113. The van der Waals surface area contributed by atoms with Crippen LogP contribution in [-0.2, 0) is 9.53 Å². The number of carbonyl (C=O) groups is 2. The Morgan fingerprint density at radius 3 is 2.37 bits per heavy atom. The Bertz CT molecular complexity index is 2050. The SMILES string of the molecule is COC(=O)c1ccc(-c2ccc(/C=c3\sc4n(c3=O)C(c3ccc(C)cc3)C(C(=O)Nc3ccccc3)=C(C)N=4)o2)cc1. The number of fused-ring (bicyclic) bond motifs is 1. The number of methoxy groups -OCH3 is 1. The maximum Gasteiger partial charge on any atom is 0.337 e. The van der Waals surface area contributed by atoms with E-state index in [1.165, 1.54) is 18.4 Å². The summed E-state index contributed by atoms with van der Waals surface area (Å²) < 4.78 is 12.8. The predicted molar refractivity (Wildman–Crippen MR) is 166 cm³/mol. The highest BCUT2D eigenvalue weighted by Crippen LogP contribution is 2.31. The molecule has 0 fully saturated rings. The summed E-state index contributed by atoms with van der Waals surface area (Å²) >= 11 is 1.24. The van der Waals surface area contributed by atoms with Gasteiger partial charge < -0.3 is 14.5 Å². The fraction of sp³-hybridized carbons (Fsp3) is 0.118. The monoisotopic (exact) mass is 589 g/mol. The van der Waals surface area contributed by atoms with Gasteiger partial charge in [-0.15, -0.1) is 0 Å². The summed E-state index contributed by atoms with van der Waals surface area (Å²) in [5.41, 5.74) is 4.42. The molecule has 43 heavy (non-hydrogen) atoms. The minimum absolute atomic E-state index is 0.271. The van der Waals surface area contributed by atoms with Crippen LogP contribution in [0, 0.1) is 6.92 Å². The van der Waals surface area contributed by atoms with Crippen molar-refractivity contribution >= 4 is 35.0 Å². The number of thiazole rings is 1. The zero-order valence-corrected chi connectivity index (χ0v) is 24.5. The number of aromatic nitrogens is 1. The van der Waals surface area contributed by atoms with Gasteiger partial charge in [-0.3, -0.25) is 14.2 Å². The maximum absolute atomic E-state index is 14.0. The Kier molecular flexibility index (Phi) is 7.48. The van der Waals surface area contributed by atoms with E-state index in [-0.39, 0.29) is 11.5 Å². The Morgan fingerprint density at radius 2 is 1.67 bits per heavy atom. The second-order valence-corrected chi connectivity index (χ2v) is 11.1. The molecular weight excluding hydrogens is 562 g/mol. The third-order valence-electron chi connectivity index (χ3n) is 7.18. The van der Waals surface area contributed by atoms with Crippen molar-refractivity contribution in [3.63, 3.8) is 0 Å². The number of rotatable bonds is 6. The fourth-order valence-corrected chi connectivity index (χ4v) is 6.03. The molecule has 1 unspecified atom stereocenters. The summed E-state index contributed by atoms with van der Waals surface area (Å²) in [5.74, 6) is 0.341. The summed E-state index contributed by atoms with van der Waals surface area (Å²) in [5, 5.41) is 2.96. The number of hydrogen-bond donors (Lipinski definition) is 1. The molecule has 1 N–H and O–H groups in total. The van der Waals surface area contributed by atoms with Crippen molar-refractivity contribution in [1.82, 2.24) is 4.57 Å². The molecule has 0 radical (unpaired) electrons. The summed E-state index contributed by atoms with van der Waals surface area (Å²) in [7, 11) is 1.34. The van der Waals surface area contributed by atoms with E-state index in [1.54, 1.807) is 54.0 Å². The second kappa shape index (κ2) is 11.5. The second-order valence-electron chi connectivity index (χ2n) is 10.1. The van der Waals surface area contributed by atoms with Crippen LogP contribution in [0.5, 0.6) is 0 Å². The number of hydrogen-bond acceptors (Lipinski definition) is 7. The van der Waals surface area contributed by atoms with E-state index in [2.05, 4.69) is 5.32 Å². The third kappa shape index (κ3) is 5.50. The number of ether oxygens (including phenoxy) is 1. The van der Waals surface area contributed by atoms with Gasteiger partial charge in [0.05, 0.1) is 34.5 Å². The average molecular weight is 590 g/mol. The van der Waals surface area contributed by atoms with Crippen molar-refractivity contribution in [1.29, 1.82) is 0 Å². The molecular formula is C34H27N3O5S. The maximum atomic E-state index is 14.0. The normalized spacial score (nSPS) is 14.7. The topological polar surface area (TPSA) is 103 Å². The third-order valence-corrected chi connectivity index (χ3v) is 8.16. The van der Waals surface area contributed by atoms with Crippen molar-refractivity contribution in [2.75, 3.05) is 12.4 Å². The first-order valence-corrected chi connectivity index (χ1v) is 14.4. The Morgan fingerprint density at radius 1 is 0.953 bits per heavy atom. The lowest BCUT2D eigenvalue weighted by Crippen LogP contribution is -2.40. The number of carbonyl (C=O) groups excluding carboxylic acids is 2. The van der Waals surface area contributed by atoms with Crippen molar-refractivity contribution in [3.05, 3.63) is 144 Å². The highest BCUT2D eigenvalue weighted by atomic mass is 32.1. The van der Waals surface area contributed by atoms with Gasteiger partial charge in [-0.2, -0.15) is 0 Å². The van der Waals surface area contributed by atoms with Crippen molar-refractivity contribution in [2.24, 2.45) is 4.99 Å². The molecule has 1 aliphatic heterocycles. The molecule has 0 spiro atoms. The fourth-order valence-electron chi connectivity index (χ4n) is 5.00. The Hall–Kier alpha value is -5.28. The molecule has 1 atom stereocenters. The van der Waals surface area contributed by atoms with E-state index < -0.39 is 12.0 Å². The minimum atomic E-state index is -0.664. The number of furan rings is 1. The average Bonchev–Trinajstić information content (AvgIpc) is 3.61. The Balaban J connectivity index is 1.40. The number of aryl methyl sites for hydroxylation is 1. The van der Waals surface area contributed by atoms with Gasteiger partial charge in [-0.25, -0.2) is 9.79 Å². The predicted octanol–water partition coefficient (Wildman–Crippen LogP) is 5.23. The Labute approximate surface area is 250 Å². The van der Waals surface area contributed by atoms with Gasteiger partial charge in [0, 0.05) is 17.3 Å². The smallest absolute Gasteiger partial charge is 0.337 e. The van der Waals surface area contributed by atoms with Gasteiger partial charge in [-0.1, -0.05) is 71.5 Å². The quantitative estimate of drug-likeness (QED) is 0.273. The van der Waals surface area contributed by atoms with Gasteiger partial charge in [0.2, 0.25) is 0 Å². The number of allylic oxidation sites excluding steroid dienone is 1. The van der Waals surface area contributed by atoms with Crippen LogP contribution in [0.25, 0.3) is 17.4 Å². The molecule has 3 heterocycles. The number of nitrogens with one attached hydrogen (secondary N) is 1. The van der Waals surface area contributed by atoms with Gasteiger partial charge >= 0.3 is 5.97 Å². The molecule has 0 saturated carbocycles. The van der Waals surface area contributed by atoms with Gasteiger partial charge in [0.15, 0.2) is 4.80 Å². The lowest BCUT2D eigenvalue weighted by atomic mass is 9.94. The van der Waals surface area contributed by atoms with Crippen LogP contribution in [0.3, 0.4) is 0 Å². The standard InChI is InChI=1S/C34H27N3O5S/c1-20-9-11-23(12-10-20)30-29(31(38)36-25-7-5-4-6-8-25)21(2)35-34-37(30)32(39)28(43-34)19-26-17-18-27(42-26)22-13-15-24(16-14-22)33(40)41-3/h4-19,30H,1-3H3,(H,36,38)/b28-19-. The van der Waals surface area contributed by atoms with E-state index in [9.17, 15) is 14.4 Å². The van der Waals surface area contributed by atoms with Crippen LogP contribution < -0.4 is 20.2 Å². The molecule has 1 amide bonds. The molecule has 214 valence electrons. The van der Waals surface area contributed by atoms with Gasteiger partial charge in [-0.05, 0) is 55.8 Å². The molecule has 0 aliphatic carbocycles. The molecule has 5 aromatic rings. The number of anilines is 1. The largest absolute Gasteiger partial charge is 0.465 e. The zero-order valence-electron chi connectivity index (χ0n) is 23.7. The van der Waals surface area contributed by atoms with Crippen molar-refractivity contribution in [2.45, 2.75) is 19.9 Å². The van der Waals surface area contributed by atoms with Crippen molar-refractivity contribution < 1.29 is 18.7 Å². The lowest BCUT2D eigenvalue weighted by Gasteiger charge is -2.25. The van der Waals surface area contributed by atoms with Crippen molar-refractivity contribution in [3.8, 4) is 11.3 Å². The van der Waals surface area contributed by atoms with Crippen LogP contribution in [0.2, 0.25) is 0 Å². The minimum Gasteiger partial charge on any atom is -0.465 e. The van der Waals surface area contributed by atoms with E-state index in [0.717, 1.165) is 16.7 Å². The number of para-hydroxylation sites is 1. The molecule has 1 aliphatic rings. The molecule has 3 aromatic carbocycles. The molecule has 0 bridgehead atoms. The first-order chi connectivity index (χ1) is 20.8. The van der Waals surface area contributed by atoms with Crippen LogP contribution >= 0.6 is 11.3 Å². The van der Waals surface area contributed by atoms with Crippen LogP contribution in [0.1, 0.15) is 40.2 Å². The number of esters is 1. The highest BCUT2D eigenvalue weighted by molar-refractivity contribution is 7.07. The summed E-state index contributed by atoms with van der Waals surface area (Å²) in [4.78, 5) is 44.6. The molecule has 9 heteroatoms. The summed E-state index contributed by atoms with van der Waals surface area (Å²) in [6, 6.07) is 26.8. The van der Waals surface area contributed by atoms with Crippen LogP contribution in [0.4, 0.5) is 5.69 Å². The van der Waals surface area contributed by atoms with Gasteiger partial charge in [0.1, 0.15) is 11.5 Å². The molecule has 6 rings (SSSR count). The van der Waals surface area contributed by atoms with E-state index in [1.807, 2.05) is 61.5 Å². The number of amides is 1. The van der Waals surface area contributed by atoms with E-state index >= 15 is 0 Å². The van der Waals surface area contributed by atoms with Gasteiger partial charge in [0.25, 0.3) is 11.5 Å². The molecule has 2 aromatic heterocycles. The summed E-state index contributed by atoms with van der Waals surface area (Å²) in [6.07, 6.45) is 1.69. The van der Waals surface area contributed by atoms with Crippen LogP contribution in [0.15, 0.2) is 116 Å². The first-order valence-electron chi connectivity index (χ1n) is 13.6. The van der Waals surface area contributed by atoms with E-state index in [4.69, 9.17) is 14.1 Å².